The number of hydrogen-bond acceptors (Lipinski definition) is 2. The highest BCUT2D eigenvalue weighted by Crippen LogP contribution is 2.25. The summed E-state index contributed by atoms with van der Waals surface area (Å²) in [6, 6.07) is 9.85. The van der Waals surface area contributed by atoms with Crippen LogP contribution in [0.15, 0.2) is 42.6 Å². The molecule has 0 aliphatic rings. The van der Waals surface area contributed by atoms with Gasteiger partial charge in [-0.1, -0.05) is 18.2 Å². The maximum absolute atomic E-state index is 10.5. The number of nitrogens with one attached hydrogen (secondary N) is 1. The van der Waals surface area contributed by atoms with E-state index in [0.29, 0.717) is 5.69 Å². The van der Waals surface area contributed by atoms with E-state index in [1.165, 1.54) is 6.08 Å². The molecule has 0 spiro atoms. The van der Waals surface area contributed by atoms with Crippen molar-refractivity contribution in [2.24, 2.45) is 0 Å². The lowest BCUT2D eigenvalue weighted by molar-refractivity contribution is -0.131. The Balaban J connectivity index is 2.21. The van der Waals surface area contributed by atoms with Crippen LogP contribution in [0.3, 0.4) is 0 Å². The van der Waals surface area contributed by atoms with Crippen LogP contribution in [0, 0.1) is 0 Å². The topological polar surface area (TPSA) is 66.0 Å². The minimum absolute atomic E-state index is 0.634. The monoisotopic (exact) mass is 238 g/mol. The van der Waals surface area contributed by atoms with Gasteiger partial charge in [-0.25, -0.2) is 4.79 Å². The van der Waals surface area contributed by atoms with Crippen LogP contribution >= 0.6 is 0 Å². The highest BCUT2D eigenvalue weighted by molar-refractivity contribution is 6.07. The van der Waals surface area contributed by atoms with Crippen LogP contribution in [0.4, 0.5) is 0 Å². The minimum atomic E-state index is -0.976. The molecule has 2 aromatic heterocycles. The molecule has 1 aromatic carbocycles. The number of aliphatic carboxylic acids is 1. The van der Waals surface area contributed by atoms with E-state index >= 15 is 0 Å². The molecule has 0 fully saturated rings. The third kappa shape index (κ3) is 1.73. The summed E-state index contributed by atoms with van der Waals surface area (Å²) in [6.45, 7) is 0. The molecule has 88 valence electrons. The lowest BCUT2D eigenvalue weighted by Crippen LogP contribution is -1.87. The maximum atomic E-state index is 10.5. The maximum Gasteiger partial charge on any atom is 0.328 e. The summed E-state index contributed by atoms with van der Waals surface area (Å²) in [4.78, 5) is 17.9. The van der Waals surface area contributed by atoms with Crippen LogP contribution in [0.25, 0.3) is 27.9 Å². The van der Waals surface area contributed by atoms with E-state index in [1.54, 1.807) is 6.20 Å². The summed E-state index contributed by atoms with van der Waals surface area (Å²) in [6.07, 6.45) is 4.30. The van der Waals surface area contributed by atoms with Gasteiger partial charge in [0.05, 0.1) is 17.4 Å². The van der Waals surface area contributed by atoms with Crippen molar-refractivity contribution in [3.05, 3.63) is 48.3 Å². The molecule has 4 nitrogen and oxygen atoms in total. The van der Waals surface area contributed by atoms with Crippen molar-refractivity contribution in [2.75, 3.05) is 0 Å². The van der Waals surface area contributed by atoms with Crippen molar-refractivity contribution in [3.8, 4) is 0 Å². The van der Waals surface area contributed by atoms with Crippen LogP contribution < -0.4 is 0 Å². The highest BCUT2D eigenvalue weighted by Gasteiger charge is 2.04. The molecule has 0 bridgehead atoms. The second-order valence-electron chi connectivity index (χ2n) is 4.00. The number of carboxylic acid groups (broad SMARTS) is 1. The van der Waals surface area contributed by atoms with E-state index in [2.05, 4.69) is 9.97 Å². The van der Waals surface area contributed by atoms with Gasteiger partial charge in [-0.2, -0.15) is 0 Å². The molecular weight excluding hydrogens is 228 g/mol. The fraction of sp³-hybridized carbons (Fsp3) is 0. The number of hydrogen-bond donors (Lipinski definition) is 2. The third-order valence-corrected chi connectivity index (χ3v) is 2.81. The molecule has 2 heterocycles. The SMILES string of the molecule is O=C(O)/C=C/c1cc2c(cn1)[nH]c1ccccc12. The molecule has 0 amide bonds. The van der Waals surface area contributed by atoms with Gasteiger partial charge in [0, 0.05) is 22.4 Å². The summed E-state index contributed by atoms with van der Waals surface area (Å²) in [7, 11) is 0. The number of carboxylic acids is 1. The molecule has 0 atom stereocenters. The molecular formula is C14H10N2O2. The number of fused-ring (bicyclic) bond motifs is 3. The van der Waals surface area contributed by atoms with Crippen molar-refractivity contribution >= 4 is 33.9 Å². The molecule has 0 radical (unpaired) electrons. The van der Waals surface area contributed by atoms with E-state index in [9.17, 15) is 4.79 Å². The molecule has 0 saturated carbocycles. The van der Waals surface area contributed by atoms with Gasteiger partial charge in [-0.3, -0.25) is 4.98 Å². The number of rotatable bonds is 2. The molecule has 3 aromatic rings. The van der Waals surface area contributed by atoms with Crippen LogP contribution in [0.1, 0.15) is 5.69 Å². The number of aromatic amines is 1. The molecule has 2 N–H and O–H groups in total. The van der Waals surface area contributed by atoms with E-state index in [0.717, 1.165) is 27.9 Å². The third-order valence-electron chi connectivity index (χ3n) is 2.81. The lowest BCUT2D eigenvalue weighted by atomic mass is 10.1. The smallest absolute Gasteiger partial charge is 0.328 e. The number of H-pyrrole nitrogens is 1. The van der Waals surface area contributed by atoms with E-state index in [4.69, 9.17) is 5.11 Å². The Kier molecular flexibility index (Phi) is 2.34. The molecule has 4 heteroatoms. The fourth-order valence-corrected chi connectivity index (χ4v) is 2.01. The zero-order chi connectivity index (χ0) is 12.5. The number of aromatic nitrogens is 2. The molecule has 0 aliphatic heterocycles. The lowest BCUT2D eigenvalue weighted by Gasteiger charge is -1.93. The standard InChI is InChI=1S/C14H10N2O2/c17-14(18)6-5-9-7-11-10-3-1-2-4-12(10)16-13(11)8-15-9/h1-8,16H,(H,17,18)/b6-5+. The number of para-hydroxylation sites is 1. The van der Waals surface area contributed by atoms with Crippen molar-refractivity contribution in [1.82, 2.24) is 9.97 Å². The Morgan fingerprint density at radius 3 is 2.89 bits per heavy atom. The van der Waals surface area contributed by atoms with Crippen molar-refractivity contribution < 1.29 is 9.90 Å². The van der Waals surface area contributed by atoms with Gasteiger partial charge >= 0.3 is 5.97 Å². The minimum Gasteiger partial charge on any atom is -0.478 e. The van der Waals surface area contributed by atoms with Gasteiger partial charge in [0.1, 0.15) is 0 Å². The number of benzene rings is 1. The summed E-state index contributed by atoms with van der Waals surface area (Å²) < 4.78 is 0. The Morgan fingerprint density at radius 2 is 2.06 bits per heavy atom. The zero-order valence-corrected chi connectivity index (χ0v) is 9.42. The first-order chi connectivity index (χ1) is 8.74. The van der Waals surface area contributed by atoms with E-state index in [1.807, 2.05) is 30.3 Å². The Hall–Kier alpha value is -2.62. The molecule has 18 heavy (non-hydrogen) atoms. The summed E-state index contributed by atoms with van der Waals surface area (Å²) in [5, 5.41) is 10.8. The van der Waals surface area contributed by atoms with Crippen molar-refractivity contribution in [2.45, 2.75) is 0 Å². The zero-order valence-electron chi connectivity index (χ0n) is 9.42. The van der Waals surface area contributed by atoms with Gasteiger partial charge in [0.15, 0.2) is 0 Å². The van der Waals surface area contributed by atoms with Crippen LogP contribution in [0.2, 0.25) is 0 Å². The predicted molar refractivity (Wildman–Crippen MR) is 70.3 cm³/mol. The average Bonchev–Trinajstić information content (AvgIpc) is 2.74. The molecule has 0 aliphatic carbocycles. The number of nitrogens with zero attached hydrogens (tertiary/aromatic N) is 1. The first kappa shape index (κ1) is 10.5. The van der Waals surface area contributed by atoms with Gasteiger partial charge < -0.3 is 10.1 Å². The van der Waals surface area contributed by atoms with Crippen LogP contribution in [-0.4, -0.2) is 21.0 Å². The summed E-state index contributed by atoms with van der Waals surface area (Å²) in [5.41, 5.74) is 2.63. The van der Waals surface area contributed by atoms with E-state index < -0.39 is 5.97 Å². The number of carbonyl (C=O) groups is 1. The van der Waals surface area contributed by atoms with Crippen LogP contribution in [-0.2, 0) is 4.79 Å². The van der Waals surface area contributed by atoms with Crippen molar-refractivity contribution in [3.63, 3.8) is 0 Å². The van der Waals surface area contributed by atoms with Gasteiger partial charge in [-0.15, -0.1) is 0 Å². The van der Waals surface area contributed by atoms with Gasteiger partial charge in [0.25, 0.3) is 0 Å². The second-order valence-corrected chi connectivity index (χ2v) is 4.00. The first-order valence-corrected chi connectivity index (χ1v) is 5.51. The van der Waals surface area contributed by atoms with Gasteiger partial charge in [0.2, 0.25) is 0 Å². The number of pyridine rings is 1. The molecule has 3 rings (SSSR count). The fourth-order valence-electron chi connectivity index (χ4n) is 2.01. The Labute approximate surface area is 103 Å². The highest BCUT2D eigenvalue weighted by atomic mass is 16.4. The van der Waals surface area contributed by atoms with Crippen LogP contribution in [0.5, 0.6) is 0 Å². The summed E-state index contributed by atoms with van der Waals surface area (Å²) >= 11 is 0. The van der Waals surface area contributed by atoms with Gasteiger partial charge in [-0.05, 0) is 18.2 Å². The van der Waals surface area contributed by atoms with E-state index in [-0.39, 0.29) is 0 Å². The molecule has 0 unspecified atom stereocenters. The first-order valence-electron chi connectivity index (χ1n) is 5.51. The molecule has 0 saturated heterocycles. The summed E-state index contributed by atoms with van der Waals surface area (Å²) in [5.74, 6) is -0.976. The normalized spacial score (nSPS) is 11.6. The average molecular weight is 238 g/mol. The largest absolute Gasteiger partial charge is 0.478 e. The van der Waals surface area contributed by atoms with Crippen molar-refractivity contribution in [1.29, 1.82) is 0 Å². The predicted octanol–water partition coefficient (Wildman–Crippen LogP) is 2.81. The Morgan fingerprint density at radius 1 is 1.22 bits per heavy atom. The Bertz CT molecular complexity index is 772. The second kappa shape index (κ2) is 4.00. The quantitative estimate of drug-likeness (QED) is 0.674.